The summed E-state index contributed by atoms with van der Waals surface area (Å²) in [5.41, 5.74) is 1.10. The maximum Gasteiger partial charge on any atom is 0.206 e. The molecule has 4 nitrogen and oxygen atoms in total. The minimum Gasteiger partial charge on any atom is -0.360 e. The van der Waals surface area contributed by atoms with Crippen molar-refractivity contribution in [1.29, 1.82) is 0 Å². The molecule has 3 aromatic rings. The van der Waals surface area contributed by atoms with Gasteiger partial charge in [-0.1, -0.05) is 36.1 Å². The van der Waals surface area contributed by atoms with Gasteiger partial charge in [-0.15, -0.1) is 32.9 Å². The van der Waals surface area contributed by atoms with Crippen LogP contribution in [0, 0.1) is 0 Å². The van der Waals surface area contributed by atoms with Crippen LogP contribution in [0.25, 0.3) is 9.88 Å². The highest BCUT2D eigenvalue weighted by Crippen LogP contribution is 2.32. The molecule has 3 aromatic heterocycles. The summed E-state index contributed by atoms with van der Waals surface area (Å²) in [5, 5.41) is 17.8. The van der Waals surface area contributed by atoms with E-state index >= 15 is 0 Å². The van der Waals surface area contributed by atoms with E-state index in [1.54, 1.807) is 45.8 Å². The van der Waals surface area contributed by atoms with Crippen molar-refractivity contribution in [1.82, 2.24) is 15.2 Å². The standard InChI is InChI=1S/C13H14N4S4/c1-2-5-14-12-16-17-13(21-12)20-8-9-7-19-11(15-9)10-4-3-6-18-10/h3-4,6-7H,2,5,8H2,1H3,(H,14,16). The normalized spacial score (nSPS) is 10.9. The van der Waals surface area contributed by atoms with Gasteiger partial charge >= 0.3 is 0 Å². The van der Waals surface area contributed by atoms with E-state index in [2.05, 4.69) is 50.3 Å². The molecule has 0 fully saturated rings. The van der Waals surface area contributed by atoms with Crippen LogP contribution in [0.2, 0.25) is 0 Å². The van der Waals surface area contributed by atoms with Crippen molar-refractivity contribution in [2.45, 2.75) is 23.4 Å². The monoisotopic (exact) mass is 354 g/mol. The van der Waals surface area contributed by atoms with Crippen molar-refractivity contribution < 1.29 is 0 Å². The third kappa shape index (κ3) is 4.03. The van der Waals surface area contributed by atoms with Gasteiger partial charge in [0.1, 0.15) is 5.01 Å². The summed E-state index contributed by atoms with van der Waals surface area (Å²) in [6.45, 7) is 3.08. The molecular weight excluding hydrogens is 340 g/mol. The molecule has 0 bridgehead atoms. The molecule has 3 heterocycles. The van der Waals surface area contributed by atoms with Gasteiger partial charge in [0.05, 0.1) is 10.6 Å². The van der Waals surface area contributed by atoms with Gasteiger partial charge in [-0.2, -0.15) is 0 Å². The second kappa shape index (κ2) is 7.35. The summed E-state index contributed by atoms with van der Waals surface area (Å²) in [4.78, 5) is 5.91. The van der Waals surface area contributed by atoms with Crippen molar-refractivity contribution in [3.8, 4) is 9.88 Å². The lowest BCUT2D eigenvalue weighted by Gasteiger charge is -1.95. The van der Waals surface area contributed by atoms with E-state index in [9.17, 15) is 0 Å². The maximum atomic E-state index is 4.67. The summed E-state index contributed by atoms with van der Waals surface area (Å²) in [6, 6.07) is 4.17. The molecule has 3 rings (SSSR count). The first-order chi connectivity index (χ1) is 10.3. The fraction of sp³-hybridized carbons (Fsp3) is 0.308. The molecule has 0 atom stereocenters. The van der Waals surface area contributed by atoms with Gasteiger partial charge in [-0.3, -0.25) is 0 Å². The quantitative estimate of drug-likeness (QED) is 0.615. The number of anilines is 1. The minimum absolute atomic E-state index is 0.838. The fourth-order valence-electron chi connectivity index (χ4n) is 1.59. The van der Waals surface area contributed by atoms with E-state index in [1.165, 1.54) is 4.88 Å². The zero-order chi connectivity index (χ0) is 14.5. The van der Waals surface area contributed by atoms with Gasteiger partial charge in [0.25, 0.3) is 0 Å². The van der Waals surface area contributed by atoms with Crippen LogP contribution in [0.4, 0.5) is 5.13 Å². The van der Waals surface area contributed by atoms with E-state index in [1.807, 2.05) is 0 Å². The highest BCUT2D eigenvalue weighted by atomic mass is 32.2. The summed E-state index contributed by atoms with van der Waals surface area (Å²) in [5.74, 6) is 0.838. The van der Waals surface area contributed by atoms with Crippen LogP contribution in [-0.2, 0) is 5.75 Å². The van der Waals surface area contributed by atoms with E-state index in [-0.39, 0.29) is 0 Å². The Hall–Kier alpha value is -0.960. The number of thiazole rings is 1. The van der Waals surface area contributed by atoms with Gasteiger partial charge in [-0.05, 0) is 17.9 Å². The first-order valence-electron chi connectivity index (χ1n) is 6.53. The van der Waals surface area contributed by atoms with Gasteiger partial charge in [0.15, 0.2) is 4.34 Å². The largest absolute Gasteiger partial charge is 0.360 e. The summed E-state index contributed by atoms with van der Waals surface area (Å²) in [7, 11) is 0. The lowest BCUT2D eigenvalue weighted by molar-refractivity contribution is 0.951. The molecule has 0 aliphatic rings. The Labute approximate surface area is 139 Å². The zero-order valence-corrected chi connectivity index (χ0v) is 14.7. The lowest BCUT2D eigenvalue weighted by Crippen LogP contribution is -1.98. The number of thioether (sulfide) groups is 1. The smallest absolute Gasteiger partial charge is 0.206 e. The van der Waals surface area contributed by atoms with Crippen LogP contribution >= 0.6 is 45.8 Å². The molecule has 0 amide bonds. The van der Waals surface area contributed by atoms with E-state index in [0.717, 1.165) is 38.9 Å². The van der Waals surface area contributed by atoms with Crippen LogP contribution in [0.1, 0.15) is 19.0 Å². The molecule has 21 heavy (non-hydrogen) atoms. The van der Waals surface area contributed by atoms with Crippen LogP contribution in [0.15, 0.2) is 27.2 Å². The Morgan fingerprint density at radius 3 is 3.05 bits per heavy atom. The number of nitrogens with one attached hydrogen (secondary N) is 1. The second-order valence-corrected chi connectivity index (χ2v) is 8.22. The molecule has 0 aliphatic carbocycles. The molecular formula is C13H14N4S4. The van der Waals surface area contributed by atoms with Crippen molar-refractivity contribution in [2.24, 2.45) is 0 Å². The number of hydrogen-bond donors (Lipinski definition) is 1. The third-order valence-electron chi connectivity index (χ3n) is 2.56. The molecule has 110 valence electrons. The predicted octanol–water partition coefficient (Wildman–Crippen LogP) is 4.84. The Bertz CT molecular complexity index is 674. The number of nitrogens with zero attached hydrogens (tertiary/aromatic N) is 3. The van der Waals surface area contributed by atoms with Crippen molar-refractivity contribution in [3.63, 3.8) is 0 Å². The van der Waals surface area contributed by atoms with Crippen LogP contribution in [0.3, 0.4) is 0 Å². The Morgan fingerprint density at radius 1 is 1.29 bits per heavy atom. The Kier molecular flexibility index (Phi) is 5.23. The van der Waals surface area contributed by atoms with Crippen LogP contribution < -0.4 is 5.32 Å². The highest BCUT2D eigenvalue weighted by Gasteiger charge is 2.08. The molecule has 0 unspecified atom stereocenters. The topological polar surface area (TPSA) is 50.7 Å². The number of aromatic nitrogens is 3. The second-order valence-electron chi connectivity index (χ2n) is 4.21. The number of hydrogen-bond acceptors (Lipinski definition) is 8. The molecule has 0 saturated heterocycles. The summed E-state index contributed by atoms with van der Waals surface area (Å²) < 4.78 is 0.985. The third-order valence-corrected chi connectivity index (χ3v) is 6.54. The molecule has 8 heteroatoms. The molecule has 0 spiro atoms. The van der Waals surface area contributed by atoms with Gasteiger partial charge in [-0.25, -0.2) is 4.98 Å². The first kappa shape index (κ1) is 15.0. The average molecular weight is 355 g/mol. The molecule has 0 aliphatic heterocycles. The lowest BCUT2D eigenvalue weighted by atomic mass is 10.5. The Balaban J connectivity index is 1.56. The highest BCUT2D eigenvalue weighted by molar-refractivity contribution is 8.00. The Morgan fingerprint density at radius 2 is 2.24 bits per heavy atom. The fourth-order valence-corrected chi connectivity index (χ4v) is 5.00. The van der Waals surface area contributed by atoms with Gasteiger partial charge in [0.2, 0.25) is 5.13 Å². The SMILES string of the molecule is CCCNc1nnc(SCc2csc(-c3cccs3)n2)s1. The van der Waals surface area contributed by atoms with E-state index in [4.69, 9.17) is 0 Å². The minimum atomic E-state index is 0.838. The molecule has 0 radical (unpaired) electrons. The first-order valence-corrected chi connectivity index (χ1v) is 10.1. The number of rotatable bonds is 7. The molecule has 0 saturated carbocycles. The zero-order valence-electron chi connectivity index (χ0n) is 11.4. The summed E-state index contributed by atoms with van der Waals surface area (Å²) in [6.07, 6.45) is 1.09. The molecule has 0 aromatic carbocycles. The maximum absolute atomic E-state index is 4.67. The van der Waals surface area contributed by atoms with E-state index < -0.39 is 0 Å². The van der Waals surface area contributed by atoms with Crippen molar-refractivity contribution >= 4 is 50.9 Å². The van der Waals surface area contributed by atoms with E-state index in [0.29, 0.717) is 0 Å². The van der Waals surface area contributed by atoms with Crippen molar-refractivity contribution in [2.75, 3.05) is 11.9 Å². The van der Waals surface area contributed by atoms with Gasteiger partial charge < -0.3 is 5.32 Å². The predicted molar refractivity (Wildman–Crippen MR) is 93.7 cm³/mol. The van der Waals surface area contributed by atoms with Crippen LogP contribution in [0.5, 0.6) is 0 Å². The summed E-state index contributed by atoms with van der Waals surface area (Å²) >= 11 is 6.72. The average Bonchev–Trinajstić information content (AvgIpc) is 3.22. The van der Waals surface area contributed by atoms with Crippen molar-refractivity contribution in [3.05, 3.63) is 28.6 Å². The van der Waals surface area contributed by atoms with Crippen LogP contribution in [-0.4, -0.2) is 21.7 Å². The van der Waals surface area contributed by atoms with Gasteiger partial charge in [0, 0.05) is 17.7 Å². The number of thiophene rings is 1. The molecule has 1 N–H and O–H groups in total.